The van der Waals surface area contributed by atoms with Crippen molar-refractivity contribution in [1.82, 2.24) is 10.3 Å². The third kappa shape index (κ3) is 3.83. The molecule has 0 bridgehead atoms. The van der Waals surface area contributed by atoms with Crippen molar-refractivity contribution in [2.45, 2.75) is 57.8 Å². The maximum Gasteiger partial charge on any atom is 0.0665 e. The van der Waals surface area contributed by atoms with Crippen LogP contribution < -0.4 is 5.32 Å². The van der Waals surface area contributed by atoms with Gasteiger partial charge in [0, 0.05) is 12.7 Å². The summed E-state index contributed by atoms with van der Waals surface area (Å²) >= 11 is 0. The average Bonchev–Trinajstić information content (AvgIpc) is 2.66. The Kier molecular flexibility index (Phi) is 5.52. The van der Waals surface area contributed by atoms with E-state index in [4.69, 9.17) is 0 Å². The summed E-state index contributed by atoms with van der Waals surface area (Å²) < 4.78 is 0. The lowest BCUT2D eigenvalue weighted by atomic mass is 9.63. The molecule has 1 N–H and O–H groups in total. The number of nitrogens with one attached hydrogen (secondary N) is 1. The largest absolute Gasteiger partial charge is 0.313 e. The first-order valence-corrected chi connectivity index (χ1v) is 9.88. The number of fused-ring (bicyclic) bond motifs is 1. The first-order chi connectivity index (χ1) is 12.4. The summed E-state index contributed by atoms with van der Waals surface area (Å²) in [6.45, 7) is 11.5. The fourth-order valence-electron chi connectivity index (χ4n) is 4.41. The molecule has 0 unspecified atom stereocenters. The van der Waals surface area contributed by atoms with Crippen LogP contribution in [0.4, 0.5) is 0 Å². The Balaban J connectivity index is 0.00000210. The molecule has 27 heavy (non-hydrogen) atoms. The molecule has 0 spiro atoms. The van der Waals surface area contributed by atoms with Crippen molar-refractivity contribution in [2.24, 2.45) is 0 Å². The molecule has 144 valence electrons. The number of rotatable bonds is 2. The minimum Gasteiger partial charge on any atom is -0.313 e. The molecule has 0 amide bonds. The predicted octanol–water partition coefficient (Wildman–Crippen LogP) is 5.90. The van der Waals surface area contributed by atoms with Crippen LogP contribution >= 0.6 is 12.4 Å². The zero-order valence-corrected chi connectivity index (χ0v) is 17.7. The zero-order valence-electron chi connectivity index (χ0n) is 16.9. The van der Waals surface area contributed by atoms with Crippen LogP contribution in [-0.4, -0.2) is 18.1 Å². The van der Waals surface area contributed by atoms with Gasteiger partial charge in [0.1, 0.15) is 0 Å². The van der Waals surface area contributed by atoms with E-state index >= 15 is 0 Å². The van der Waals surface area contributed by atoms with E-state index in [0.717, 1.165) is 25.2 Å². The van der Waals surface area contributed by atoms with E-state index in [1.165, 1.54) is 40.7 Å². The Labute approximate surface area is 169 Å². The maximum atomic E-state index is 4.63. The summed E-state index contributed by atoms with van der Waals surface area (Å²) in [4.78, 5) is 4.63. The molecule has 2 heterocycles. The van der Waals surface area contributed by atoms with E-state index in [1.807, 2.05) is 6.20 Å². The van der Waals surface area contributed by atoms with Gasteiger partial charge in [-0.25, -0.2) is 0 Å². The minimum absolute atomic E-state index is 0. The van der Waals surface area contributed by atoms with Gasteiger partial charge in [-0.2, -0.15) is 0 Å². The van der Waals surface area contributed by atoms with Gasteiger partial charge in [-0.3, -0.25) is 4.98 Å². The lowest BCUT2D eigenvalue weighted by Crippen LogP contribution is -2.33. The van der Waals surface area contributed by atoms with Crippen molar-refractivity contribution in [3.8, 4) is 11.1 Å². The van der Waals surface area contributed by atoms with Gasteiger partial charge in [0.25, 0.3) is 0 Å². The normalized spacial score (nSPS) is 20.2. The summed E-state index contributed by atoms with van der Waals surface area (Å²) in [6.07, 6.45) is 7.80. The topological polar surface area (TPSA) is 24.9 Å². The van der Waals surface area contributed by atoms with E-state index in [2.05, 4.69) is 74.4 Å². The Morgan fingerprint density at radius 2 is 1.59 bits per heavy atom. The van der Waals surface area contributed by atoms with Gasteiger partial charge in [0.15, 0.2) is 0 Å². The second-order valence-corrected chi connectivity index (χ2v) is 9.14. The van der Waals surface area contributed by atoms with Crippen molar-refractivity contribution >= 4 is 18.0 Å². The van der Waals surface area contributed by atoms with Crippen LogP contribution in [0.2, 0.25) is 0 Å². The second kappa shape index (κ2) is 7.41. The average molecular weight is 383 g/mol. The van der Waals surface area contributed by atoms with Crippen LogP contribution in [0.5, 0.6) is 0 Å². The highest BCUT2D eigenvalue weighted by molar-refractivity contribution is 5.85. The molecule has 4 rings (SSSR count). The first-order valence-electron chi connectivity index (χ1n) is 9.88. The van der Waals surface area contributed by atoms with Gasteiger partial charge >= 0.3 is 0 Å². The fraction of sp³-hybridized carbons (Fsp3) is 0.458. The fourth-order valence-corrected chi connectivity index (χ4v) is 4.41. The number of hydrogen-bond acceptors (Lipinski definition) is 2. The van der Waals surface area contributed by atoms with E-state index in [-0.39, 0.29) is 23.2 Å². The molecular weight excluding hydrogens is 352 g/mol. The molecule has 1 aliphatic heterocycles. The van der Waals surface area contributed by atoms with Gasteiger partial charge < -0.3 is 5.32 Å². The highest BCUT2D eigenvalue weighted by Crippen LogP contribution is 2.46. The molecule has 1 aromatic carbocycles. The summed E-state index contributed by atoms with van der Waals surface area (Å²) in [6, 6.07) is 11.5. The Bertz CT molecular complexity index is 864. The summed E-state index contributed by atoms with van der Waals surface area (Å²) in [5.41, 5.74) is 8.63. The lowest BCUT2D eigenvalue weighted by Gasteiger charge is -2.42. The Hall–Kier alpha value is -1.64. The number of hydrogen-bond donors (Lipinski definition) is 1. The molecule has 0 atom stereocenters. The summed E-state index contributed by atoms with van der Waals surface area (Å²) in [7, 11) is 0. The van der Waals surface area contributed by atoms with Crippen LogP contribution in [0.15, 0.2) is 42.6 Å². The van der Waals surface area contributed by atoms with Crippen LogP contribution in [0.3, 0.4) is 0 Å². The minimum atomic E-state index is 0. The molecule has 0 fully saturated rings. The molecular formula is C24H31ClN2. The molecule has 0 radical (unpaired) electrons. The molecule has 2 aliphatic rings. The van der Waals surface area contributed by atoms with Gasteiger partial charge in [-0.1, -0.05) is 52.0 Å². The van der Waals surface area contributed by atoms with Crippen molar-refractivity contribution in [2.75, 3.05) is 13.1 Å². The first kappa shape index (κ1) is 20.1. The SMILES string of the molecule is CC1(C)CCC(C)(C)c2cc(-c3ccnc(C4=CCNCC4)c3)ccc21.Cl. The molecule has 3 heteroatoms. The zero-order chi connectivity index (χ0) is 18.4. The highest BCUT2D eigenvalue weighted by atomic mass is 35.5. The quantitative estimate of drug-likeness (QED) is 0.699. The monoisotopic (exact) mass is 382 g/mol. The van der Waals surface area contributed by atoms with Crippen LogP contribution in [0.25, 0.3) is 16.7 Å². The number of benzene rings is 1. The van der Waals surface area contributed by atoms with Crippen LogP contribution in [-0.2, 0) is 10.8 Å². The molecule has 1 aromatic heterocycles. The Morgan fingerprint density at radius 3 is 2.30 bits per heavy atom. The standard InChI is InChI=1S/C24H30N2.ClH/c1-23(2)10-11-24(3,4)21-15-18(5-6-20(21)23)19-9-14-26-22(16-19)17-7-12-25-13-8-17;/h5-7,9,14-16,25H,8,10-13H2,1-4H3;1H. The van der Waals surface area contributed by atoms with E-state index in [0.29, 0.717) is 0 Å². The molecule has 2 aromatic rings. The van der Waals surface area contributed by atoms with Crippen LogP contribution in [0.1, 0.15) is 63.8 Å². The van der Waals surface area contributed by atoms with E-state index in [1.54, 1.807) is 0 Å². The highest BCUT2D eigenvalue weighted by Gasteiger charge is 2.36. The molecule has 0 saturated carbocycles. The summed E-state index contributed by atoms with van der Waals surface area (Å²) in [5.74, 6) is 0. The number of nitrogens with zero attached hydrogens (tertiary/aromatic N) is 1. The number of pyridine rings is 1. The number of halogens is 1. The van der Waals surface area contributed by atoms with Crippen molar-refractivity contribution in [3.63, 3.8) is 0 Å². The molecule has 1 aliphatic carbocycles. The van der Waals surface area contributed by atoms with Crippen molar-refractivity contribution in [1.29, 1.82) is 0 Å². The van der Waals surface area contributed by atoms with E-state index < -0.39 is 0 Å². The smallest absolute Gasteiger partial charge is 0.0665 e. The lowest BCUT2D eigenvalue weighted by molar-refractivity contribution is 0.332. The number of aromatic nitrogens is 1. The van der Waals surface area contributed by atoms with Crippen molar-refractivity contribution in [3.05, 3.63) is 59.4 Å². The molecule has 0 saturated heterocycles. The summed E-state index contributed by atoms with van der Waals surface area (Å²) in [5, 5.41) is 3.38. The van der Waals surface area contributed by atoms with Gasteiger partial charge in [0.05, 0.1) is 5.69 Å². The third-order valence-corrected chi connectivity index (χ3v) is 6.34. The van der Waals surface area contributed by atoms with Crippen molar-refractivity contribution < 1.29 is 0 Å². The van der Waals surface area contributed by atoms with E-state index in [9.17, 15) is 0 Å². The van der Waals surface area contributed by atoms with Gasteiger partial charge in [0.2, 0.25) is 0 Å². The predicted molar refractivity (Wildman–Crippen MR) is 118 cm³/mol. The Morgan fingerprint density at radius 1 is 0.889 bits per heavy atom. The molecule has 2 nitrogen and oxygen atoms in total. The second-order valence-electron chi connectivity index (χ2n) is 9.14. The van der Waals surface area contributed by atoms with Gasteiger partial charge in [-0.15, -0.1) is 12.4 Å². The third-order valence-electron chi connectivity index (χ3n) is 6.34. The van der Waals surface area contributed by atoms with Crippen LogP contribution in [0, 0.1) is 0 Å². The van der Waals surface area contributed by atoms with Gasteiger partial charge in [-0.05, 0) is 76.6 Å². The maximum absolute atomic E-state index is 4.63.